The summed E-state index contributed by atoms with van der Waals surface area (Å²) < 4.78 is 9.29. The molecule has 0 unspecified atom stereocenters. The summed E-state index contributed by atoms with van der Waals surface area (Å²) in [6.45, 7) is 2.38. The van der Waals surface area contributed by atoms with Crippen molar-refractivity contribution in [1.29, 1.82) is 0 Å². The fourth-order valence-electron chi connectivity index (χ4n) is 2.04. The van der Waals surface area contributed by atoms with E-state index in [9.17, 15) is 19.7 Å². The SMILES string of the molecule is CC(=O)OCOC(=O)c1ccc2c([N+](=O)[O-])c(C)ccc2c1. The van der Waals surface area contributed by atoms with Gasteiger partial charge >= 0.3 is 11.9 Å². The lowest BCUT2D eigenvalue weighted by molar-refractivity contribution is -0.383. The molecule has 0 N–H and O–H groups in total. The number of nitro benzene ring substituents is 1. The van der Waals surface area contributed by atoms with Gasteiger partial charge in [-0.2, -0.15) is 0 Å². The largest absolute Gasteiger partial charge is 0.428 e. The molecule has 2 aromatic carbocycles. The van der Waals surface area contributed by atoms with Gasteiger partial charge in [-0.3, -0.25) is 14.9 Å². The van der Waals surface area contributed by atoms with Crippen LogP contribution in [-0.2, 0) is 14.3 Å². The first-order chi connectivity index (χ1) is 10.4. The van der Waals surface area contributed by atoms with E-state index in [1.165, 1.54) is 25.1 Å². The van der Waals surface area contributed by atoms with E-state index < -0.39 is 23.7 Å². The minimum Gasteiger partial charge on any atom is -0.428 e. The quantitative estimate of drug-likeness (QED) is 0.373. The van der Waals surface area contributed by atoms with E-state index in [0.29, 0.717) is 16.3 Å². The van der Waals surface area contributed by atoms with E-state index in [-0.39, 0.29) is 11.3 Å². The van der Waals surface area contributed by atoms with E-state index in [2.05, 4.69) is 4.74 Å². The normalized spacial score (nSPS) is 10.3. The van der Waals surface area contributed by atoms with Crippen LogP contribution in [0, 0.1) is 17.0 Å². The van der Waals surface area contributed by atoms with Crippen molar-refractivity contribution in [1.82, 2.24) is 0 Å². The summed E-state index contributed by atoms with van der Waals surface area (Å²) in [5.41, 5.74) is 0.776. The van der Waals surface area contributed by atoms with Crippen LogP contribution >= 0.6 is 0 Å². The zero-order valence-corrected chi connectivity index (χ0v) is 12.0. The third kappa shape index (κ3) is 3.20. The number of carbonyl (C=O) groups excluding carboxylic acids is 2. The van der Waals surface area contributed by atoms with Gasteiger partial charge in [0.15, 0.2) is 0 Å². The van der Waals surface area contributed by atoms with Crippen LogP contribution in [0.1, 0.15) is 22.8 Å². The molecular weight excluding hydrogens is 290 g/mol. The Hall–Kier alpha value is -2.96. The average Bonchev–Trinajstić information content (AvgIpc) is 2.45. The number of benzene rings is 2. The van der Waals surface area contributed by atoms with Crippen LogP contribution in [0.4, 0.5) is 5.69 Å². The van der Waals surface area contributed by atoms with Crippen molar-refractivity contribution >= 4 is 28.4 Å². The third-order valence-electron chi connectivity index (χ3n) is 3.06. The minimum absolute atomic E-state index is 0.0114. The highest BCUT2D eigenvalue weighted by Gasteiger charge is 2.17. The first kappa shape index (κ1) is 15.4. The summed E-state index contributed by atoms with van der Waals surface area (Å²) in [5.74, 6) is -1.23. The molecule has 0 aromatic heterocycles. The number of nitrogens with zero attached hydrogens (tertiary/aromatic N) is 1. The van der Waals surface area contributed by atoms with Crippen LogP contribution in [-0.4, -0.2) is 23.7 Å². The van der Waals surface area contributed by atoms with Crippen molar-refractivity contribution in [3.8, 4) is 0 Å². The molecule has 0 aliphatic carbocycles. The molecule has 0 atom stereocenters. The lowest BCUT2D eigenvalue weighted by Crippen LogP contribution is -2.11. The predicted molar refractivity (Wildman–Crippen MR) is 77.4 cm³/mol. The van der Waals surface area contributed by atoms with Gasteiger partial charge < -0.3 is 9.47 Å². The van der Waals surface area contributed by atoms with Crippen LogP contribution in [0.5, 0.6) is 0 Å². The Morgan fingerprint density at radius 3 is 2.55 bits per heavy atom. The van der Waals surface area contributed by atoms with Crippen LogP contribution in [0.2, 0.25) is 0 Å². The molecule has 7 heteroatoms. The molecule has 0 aliphatic rings. The molecule has 7 nitrogen and oxygen atoms in total. The molecule has 0 amide bonds. The maximum atomic E-state index is 11.8. The second kappa shape index (κ2) is 6.21. The number of hydrogen-bond acceptors (Lipinski definition) is 6. The molecule has 0 saturated carbocycles. The molecule has 0 bridgehead atoms. The van der Waals surface area contributed by atoms with Crippen LogP contribution in [0.3, 0.4) is 0 Å². The summed E-state index contributed by atoms with van der Waals surface area (Å²) >= 11 is 0. The van der Waals surface area contributed by atoms with Gasteiger partial charge in [0.25, 0.3) is 5.69 Å². The smallest absolute Gasteiger partial charge is 0.341 e. The minimum atomic E-state index is -0.675. The monoisotopic (exact) mass is 303 g/mol. The first-order valence-corrected chi connectivity index (χ1v) is 6.38. The highest BCUT2D eigenvalue weighted by Crippen LogP contribution is 2.29. The van der Waals surface area contributed by atoms with E-state index in [0.717, 1.165) is 0 Å². The van der Waals surface area contributed by atoms with E-state index in [1.807, 2.05) is 0 Å². The molecule has 2 aromatic rings. The first-order valence-electron chi connectivity index (χ1n) is 6.38. The van der Waals surface area contributed by atoms with E-state index in [1.54, 1.807) is 19.1 Å². The Morgan fingerprint density at radius 2 is 1.91 bits per heavy atom. The number of rotatable bonds is 4. The zero-order chi connectivity index (χ0) is 16.3. The van der Waals surface area contributed by atoms with Crippen molar-refractivity contribution in [3.05, 3.63) is 51.6 Å². The van der Waals surface area contributed by atoms with Gasteiger partial charge in [0, 0.05) is 12.5 Å². The molecule has 0 spiro atoms. The van der Waals surface area contributed by atoms with Crippen molar-refractivity contribution in [2.75, 3.05) is 6.79 Å². The van der Waals surface area contributed by atoms with Crippen LogP contribution in [0.25, 0.3) is 10.8 Å². The van der Waals surface area contributed by atoms with Gasteiger partial charge in [-0.05, 0) is 30.5 Å². The summed E-state index contributed by atoms with van der Waals surface area (Å²) in [7, 11) is 0. The highest BCUT2D eigenvalue weighted by atomic mass is 16.7. The third-order valence-corrected chi connectivity index (χ3v) is 3.06. The molecule has 2 rings (SSSR count). The van der Waals surface area contributed by atoms with Crippen molar-refractivity contribution < 1.29 is 24.0 Å². The topological polar surface area (TPSA) is 95.7 Å². The maximum Gasteiger partial charge on any atom is 0.341 e. The summed E-state index contributed by atoms with van der Waals surface area (Å²) in [5, 5.41) is 12.1. The van der Waals surface area contributed by atoms with Crippen LogP contribution in [0.15, 0.2) is 30.3 Å². The number of ether oxygens (including phenoxy) is 2. The number of hydrogen-bond donors (Lipinski definition) is 0. The Balaban J connectivity index is 2.31. The number of carbonyl (C=O) groups is 2. The van der Waals surface area contributed by atoms with Gasteiger partial charge in [-0.15, -0.1) is 0 Å². The molecule has 0 aliphatic heterocycles. The Kier molecular flexibility index (Phi) is 4.36. The van der Waals surface area contributed by atoms with E-state index >= 15 is 0 Å². The second-order valence-corrected chi connectivity index (χ2v) is 4.61. The standard InChI is InChI=1S/C15H13NO6/c1-9-3-4-11-7-12(15(18)22-8-21-10(2)17)5-6-13(11)14(9)16(19)20/h3-7H,8H2,1-2H3. The number of nitro groups is 1. The molecule has 0 saturated heterocycles. The molecule has 0 fully saturated rings. The zero-order valence-electron chi connectivity index (χ0n) is 12.0. The lowest BCUT2D eigenvalue weighted by atomic mass is 10.0. The molecule has 22 heavy (non-hydrogen) atoms. The fraction of sp³-hybridized carbons (Fsp3) is 0.200. The van der Waals surface area contributed by atoms with Gasteiger partial charge in [-0.1, -0.05) is 12.1 Å². The summed E-state index contributed by atoms with van der Waals surface area (Å²) in [6, 6.07) is 7.75. The average molecular weight is 303 g/mol. The van der Waals surface area contributed by atoms with E-state index in [4.69, 9.17) is 4.74 Å². The number of aryl methyl sites for hydroxylation is 1. The van der Waals surface area contributed by atoms with Gasteiger partial charge in [0.1, 0.15) is 0 Å². The maximum absolute atomic E-state index is 11.8. The molecule has 0 radical (unpaired) electrons. The van der Waals surface area contributed by atoms with Gasteiger partial charge in [0.05, 0.1) is 15.9 Å². The Labute approximate surface area is 125 Å². The second-order valence-electron chi connectivity index (χ2n) is 4.61. The Morgan fingerprint density at radius 1 is 1.18 bits per heavy atom. The summed E-state index contributed by atoms with van der Waals surface area (Å²) in [4.78, 5) is 33.1. The van der Waals surface area contributed by atoms with Gasteiger partial charge in [-0.25, -0.2) is 4.79 Å². The predicted octanol–water partition coefficient (Wildman–Crippen LogP) is 2.73. The summed E-state index contributed by atoms with van der Waals surface area (Å²) in [6.07, 6.45) is 0. The number of esters is 2. The van der Waals surface area contributed by atoms with Crippen molar-refractivity contribution in [3.63, 3.8) is 0 Å². The number of fused-ring (bicyclic) bond motifs is 1. The lowest BCUT2D eigenvalue weighted by Gasteiger charge is -2.07. The molecule has 114 valence electrons. The molecule has 0 heterocycles. The van der Waals surface area contributed by atoms with Crippen molar-refractivity contribution in [2.45, 2.75) is 13.8 Å². The Bertz CT molecular complexity index is 768. The van der Waals surface area contributed by atoms with Gasteiger partial charge in [0.2, 0.25) is 6.79 Å². The fourth-order valence-corrected chi connectivity index (χ4v) is 2.04. The van der Waals surface area contributed by atoms with Crippen molar-refractivity contribution in [2.24, 2.45) is 0 Å². The highest BCUT2D eigenvalue weighted by molar-refractivity contribution is 5.99. The molecular formula is C15H13NO6. The van der Waals surface area contributed by atoms with Crippen LogP contribution < -0.4 is 0 Å².